The normalized spacial score (nSPS) is 14.6. The summed E-state index contributed by atoms with van der Waals surface area (Å²) in [6.07, 6.45) is 0.603. The van der Waals surface area contributed by atoms with Crippen LogP contribution in [-0.4, -0.2) is 28.2 Å². The van der Waals surface area contributed by atoms with Crippen molar-refractivity contribution in [1.82, 2.24) is 9.88 Å². The van der Waals surface area contributed by atoms with Gasteiger partial charge in [0.15, 0.2) is 0 Å². The van der Waals surface area contributed by atoms with Crippen LogP contribution in [0.3, 0.4) is 0 Å². The largest absolute Gasteiger partial charge is 0.274 e. The molecular formula is C17H18N2O2S. The van der Waals surface area contributed by atoms with Crippen molar-refractivity contribution >= 4 is 23.2 Å². The van der Waals surface area contributed by atoms with Crippen LogP contribution in [-0.2, 0) is 11.8 Å². The Morgan fingerprint density at radius 1 is 1.09 bits per heavy atom. The van der Waals surface area contributed by atoms with E-state index in [0.717, 1.165) is 10.7 Å². The second-order valence-electron chi connectivity index (χ2n) is 6.43. The van der Waals surface area contributed by atoms with Crippen LogP contribution in [0.5, 0.6) is 0 Å². The minimum Gasteiger partial charge on any atom is -0.274 e. The average Bonchev–Trinajstić information content (AvgIpc) is 3.03. The molecule has 114 valence electrons. The lowest BCUT2D eigenvalue weighted by Crippen LogP contribution is -2.31. The molecule has 4 nitrogen and oxygen atoms in total. The summed E-state index contributed by atoms with van der Waals surface area (Å²) in [5.41, 5.74) is 2.07. The molecule has 0 bridgehead atoms. The van der Waals surface area contributed by atoms with Crippen LogP contribution < -0.4 is 0 Å². The molecule has 0 unspecified atom stereocenters. The van der Waals surface area contributed by atoms with Gasteiger partial charge in [0.05, 0.1) is 21.8 Å². The molecular weight excluding hydrogens is 296 g/mol. The molecule has 0 radical (unpaired) electrons. The molecule has 2 amide bonds. The van der Waals surface area contributed by atoms with Gasteiger partial charge in [0.1, 0.15) is 0 Å². The molecule has 1 aliphatic heterocycles. The third-order valence-corrected chi connectivity index (χ3v) is 4.66. The Morgan fingerprint density at radius 3 is 2.18 bits per heavy atom. The van der Waals surface area contributed by atoms with Crippen LogP contribution in [0.25, 0.3) is 0 Å². The number of imide groups is 1. The van der Waals surface area contributed by atoms with E-state index in [2.05, 4.69) is 31.1 Å². The maximum absolute atomic E-state index is 12.3. The first-order valence-corrected chi connectivity index (χ1v) is 8.16. The third-order valence-electron chi connectivity index (χ3n) is 3.75. The molecule has 0 spiro atoms. The number of hydrogen-bond acceptors (Lipinski definition) is 4. The number of fused-ring (bicyclic) bond motifs is 1. The highest BCUT2D eigenvalue weighted by atomic mass is 32.1. The van der Waals surface area contributed by atoms with Crippen LogP contribution >= 0.6 is 11.3 Å². The predicted octanol–water partition coefficient (Wildman–Crippen LogP) is 3.28. The second kappa shape index (κ2) is 5.32. The van der Waals surface area contributed by atoms with E-state index in [1.807, 2.05) is 0 Å². The number of nitrogens with zero attached hydrogens (tertiary/aromatic N) is 2. The fourth-order valence-corrected chi connectivity index (χ4v) is 3.43. The molecule has 2 aromatic rings. The topological polar surface area (TPSA) is 50.3 Å². The summed E-state index contributed by atoms with van der Waals surface area (Å²) >= 11 is 1.59. The van der Waals surface area contributed by atoms with E-state index in [4.69, 9.17) is 0 Å². The standard InChI is InChI=1S/C17H18N2O2S/c1-17(2,3)13-10-22-14(18-13)8-9-19-15(20)11-6-4-5-7-12(11)16(19)21/h4-7,10H,8-9H2,1-3H3. The highest BCUT2D eigenvalue weighted by molar-refractivity contribution is 7.09. The molecule has 0 fully saturated rings. The van der Waals surface area contributed by atoms with Crippen LogP contribution in [0, 0.1) is 0 Å². The maximum Gasteiger partial charge on any atom is 0.261 e. The van der Waals surface area contributed by atoms with E-state index in [1.165, 1.54) is 4.90 Å². The molecule has 1 aromatic carbocycles. The fourth-order valence-electron chi connectivity index (χ4n) is 2.42. The Hall–Kier alpha value is -2.01. The fraction of sp³-hybridized carbons (Fsp3) is 0.353. The molecule has 5 heteroatoms. The summed E-state index contributed by atoms with van der Waals surface area (Å²) in [6.45, 7) is 6.74. The Bertz CT molecular complexity index is 708. The van der Waals surface area contributed by atoms with Gasteiger partial charge in [-0.1, -0.05) is 32.9 Å². The minimum atomic E-state index is -0.201. The van der Waals surface area contributed by atoms with Crippen molar-refractivity contribution in [2.45, 2.75) is 32.6 Å². The number of thiazole rings is 1. The molecule has 2 heterocycles. The summed E-state index contributed by atoms with van der Waals surface area (Å²) < 4.78 is 0. The first-order chi connectivity index (χ1) is 10.4. The molecule has 0 N–H and O–H groups in total. The van der Waals surface area contributed by atoms with Crippen molar-refractivity contribution in [3.05, 3.63) is 51.5 Å². The Labute approximate surface area is 133 Å². The van der Waals surface area contributed by atoms with Gasteiger partial charge in [-0.15, -0.1) is 11.3 Å². The Morgan fingerprint density at radius 2 is 1.68 bits per heavy atom. The van der Waals surface area contributed by atoms with E-state index < -0.39 is 0 Å². The van der Waals surface area contributed by atoms with E-state index in [-0.39, 0.29) is 17.2 Å². The minimum absolute atomic E-state index is 0.0181. The Balaban J connectivity index is 1.72. The number of carbonyl (C=O) groups is 2. The zero-order valence-electron chi connectivity index (χ0n) is 12.9. The van der Waals surface area contributed by atoms with Gasteiger partial charge in [-0.2, -0.15) is 0 Å². The molecule has 22 heavy (non-hydrogen) atoms. The van der Waals surface area contributed by atoms with Gasteiger partial charge >= 0.3 is 0 Å². The molecule has 0 atom stereocenters. The summed E-state index contributed by atoms with van der Waals surface area (Å²) in [7, 11) is 0. The molecule has 0 aliphatic carbocycles. The number of hydrogen-bond donors (Lipinski definition) is 0. The van der Waals surface area contributed by atoms with Crippen molar-refractivity contribution in [2.75, 3.05) is 6.54 Å². The molecule has 0 saturated heterocycles. The average molecular weight is 314 g/mol. The van der Waals surface area contributed by atoms with Crippen LogP contribution in [0.4, 0.5) is 0 Å². The lowest BCUT2D eigenvalue weighted by molar-refractivity contribution is 0.0656. The van der Waals surface area contributed by atoms with Gasteiger partial charge in [0.25, 0.3) is 11.8 Å². The summed E-state index contributed by atoms with van der Waals surface area (Å²) in [6, 6.07) is 6.97. The van der Waals surface area contributed by atoms with Crippen LogP contribution in [0.15, 0.2) is 29.6 Å². The molecule has 3 rings (SSSR count). The number of amides is 2. The van der Waals surface area contributed by atoms with E-state index >= 15 is 0 Å². The zero-order chi connectivity index (χ0) is 15.9. The highest BCUT2D eigenvalue weighted by Gasteiger charge is 2.34. The van der Waals surface area contributed by atoms with Gasteiger partial charge < -0.3 is 0 Å². The maximum atomic E-state index is 12.3. The van der Waals surface area contributed by atoms with Gasteiger partial charge in [-0.3, -0.25) is 14.5 Å². The zero-order valence-corrected chi connectivity index (χ0v) is 13.7. The monoisotopic (exact) mass is 314 g/mol. The smallest absolute Gasteiger partial charge is 0.261 e. The lowest BCUT2D eigenvalue weighted by atomic mass is 9.93. The molecule has 1 aliphatic rings. The molecule has 0 saturated carbocycles. The highest BCUT2D eigenvalue weighted by Crippen LogP contribution is 2.26. The second-order valence-corrected chi connectivity index (χ2v) is 7.38. The predicted molar refractivity (Wildman–Crippen MR) is 86.3 cm³/mol. The van der Waals surface area contributed by atoms with Gasteiger partial charge in [0.2, 0.25) is 0 Å². The molecule has 1 aromatic heterocycles. The number of rotatable bonds is 3. The van der Waals surface area contributed by atoms with E-state index in [0.29, 0.717) is 24.1 Å². The van der Waals surface area contributed by atoms with Crippen molar-refractivity contribution < 1.29 is 9.59 Å². The van der Waals surface area contributed by atoms with Gasteiger partial charge in [0, 0.05) is 23.8 Å². The number of aromatic nitrogens is 1. The number of benzene rings is 1. The number of carbonyl (C=O) groups excluding carboxylic acids is 2. The SMILES string of the molecule is CC(C)(C)c1csc(CCN2C(=O)c3ccccc3C2=O)n1. The van der Waals surface area contributed by atoms with Crippen LogP contribution in [0.1, 0.15) is 52.2 Å². The lowest BCUT2D eigenvalue weighted by Gasteiger charge is -2.14. The summed E-state index contributed by atoms with van der Waals surface area (Å²) in [5.74, 6) is -0.401. The summed E-state index contributed by atoms with van der Waals surface area (Å²) in [4.78, 5) is 30.5. The van der Waals surface area contributed by atoms with Gasteiger partial charge in [-0.25, -0.2) is 4.98 Å². The third kappa shape index (κ3) is 2.57. The first-order valence-electron chi connectivity index (χ1n) is 7.28. The van der Waals surface area contributed by atoms with Crippen molar-refractivity contribution in [3.63, 3.8) is 0 Å². The van der Waals surface area contributed by atoms with E-state index in [9.17, 15) is 9.59 Å². The van der Waals surface area contributed by atoms with Crippen molar-refractivity contribution in [3.8, 4) is 0 Å². The first kappa shape index (κ1) is 14.9. The van der Waals surface area contributed by atoms with Crippen LogP contribution in [0.2, 0.25) is 0 Å². The summed E-state index contributed by atoms with van der Waals surface area (Å²) in [5, 5.41) is 3.01. The van der Waals surface area contributed by atoms with Crippen molar-refractivity contribution in [1.29, 1.82) is 0 Å². The Kier molecular flexibility index (Phi) is 3.60. The van der Waals surface area contributed by atoms with Crippen molar-refractivity contribution in [2.24, 2.45) is 0 Å². The van der Waals surface area contributed by atoms with Gasteiger partial charge in [-0.05, 0) is 12.1 Å². The van der Waals surface area contributed by atoms with E-state index in [1.54, 1.807) is 35.6 Å². The quantitative estimate of drug-likeness (QED) is 0.817.